The van der Waals surface area contributed by atoms with Crippen LogP contribution in [-0.2, 0) is 5.41 Å². The SMILES string of the molecule is [B]c1c(O)c(C#N)c(O)c(O)c1N1CCN(C(=C)C([B])(O)C(C)(C)c2nc3c(C)c(O)c(O)c([B])c3c(=O)[nH]2)CC1. The molecule has 1 unspecified atom stereocenters. The van der Waals surface area contributed by atoms with Crippen LogP contribution >= 0.6 is 0 Å². The van der Waals surface area contributed by atoms with Crippen molar-refractivity contribution in [2.75, 3.05) is 31.1 Å². The minimum absolute atomic E-state index is 0.0194. The zero-order chi connectivity index (χ0) is 30.8. The molecule has 41 heavy (non-hydrogen) atoms. The molecule has 0 bridgehead atoms. The molecule has 1 aromatic heterocycles. The number of fused-ring (bicyclic) bond motifs is 1. The summed E-state index contributed by atoms with van der Waals surface area (Å²) in [6, 6.07) is 1.59. The number of anilines is 1. The largest absolute Gasteiger partial charge is 0.507 e. The summed E-state index contributed by atoms with van der Waals surface area (Å²) >= 11 is 0. The number of phenolic OH excluding ortho intramolecular Hbond substituents is 5. The molecule has 2 heterocycles. The standard InChI is InChI=1S/C26H26B3N5O7/c1-10-16-13(14(27)21(38)18(10)35)23(40)32-24(31-16)25(3,4)26(29,41)11(2)33-5-7-34(8-6-33)17-15(28)19(36)12(9-30)20(37)22(17)39/h35-39,41H,2,5-8H2,1,3-4H3,(H,31,32,40). The van der Waals surface area contributed by atoms with Crippen LogP contribution in [0.15, 0.2) is 17.1 Å². The van der Waals surface area contributed by atoms with Crippen molar-refractivity contribution in [3.8, 4) is 34.8 Å². The zero-order valence-electron chi connectivity index (χ0n) is 22.6. The lowest BCUT2D eigenvalue weighted by Crippen LogP contribution is -2.58. The molecule has 1 saturated heterocycles. The molecule has 12 nitrogen and oxygen atoms in total. The summed E-state index contributed by atoms with van der Waals surface area (Å²) in [4.78, 5) is 23.3. The van der Waals surface area contributed by atoms with Gasteiger partial charge in [0.25, 0.3) is 5.56 Å². The number of aromatic hydroxyl groups is 5. The normalized spacial score (nSPS) is 15.5. The van der Waals surface area contributed by atoms with Crippen molar-refractivity contribution < 1.29 is 30.6 Å². The van der Waals surface area contributed by atoms with E-state index in [9.17, 15) is 35.4 Å². The Morgan fingerprint density at radius 2 is 1.59 bits per heavy atom. The highest BCUT2D eigenvalue weighted by Gasteiger charge is 2.46. The zero-order valence-corrected chi connectivity index (χ0v) is 22.6. The van der Waals surface area contributed by atoms with E-state index >= 15 is 0 Å². The number of aromatic amines is 1. The molecule has 0 amide bonds. The first-order valence-corrected chi connectivity index (χ1v) is 12.4. The maximum Gasteiger partial charge on any atom is 0.258 e. The van der Waals surface area contributed by atoms with Crippen LogP contribution in [0.5, 0.6) is 28.7 Å². The third-order valence-corrected chi connectivity index (χ3v) is 7.89. The predicted molar refractivity (Wildman–Crippen MR) is 154 cm³/mol. The Balaban J connectivity index is 1.64. The van der Waals surface area contributed by atoms with Gasteiger partial charge in [-0.2, -0.15) is 5.26 Å². The van der Waals surface area contributed by atoms with Crippen LogP contribution in [0, 0.1) is 18.3 Å². The van der Waals surface area contributed by atoms with Gasteiger partial charge in [-0.05, 0) is 17.8 Å². The van der Waals surface area contributed by atoms with Gasteiger partial charge in [-0.1, -0.05) is 20.4 Å². The fraction of sp³-hybridized carbons (Fsp3) is 0.346. The molecule has 0 spiro atoms. The van der Waals surface area contributed by atoms with Crippen LogP contribution in [0.25, 0.3) is 10.9 Å². The molecule has 1 fully saturated rings. The highest BCUT2D eigenvalue weighted by molar-refractivity contribution is 6.41. The van der Waals surface area contributed by atoms with E-state index < -0.39 is 50.8 Å². The van der Waals surface area contributed by atoms with E-state index in [1.54, 1.807) is 29.7 Å². The minimum atomic E-state index is -2.18. The van der Waals surface area contributed by atoms with E-state index in [4.69, 9.17) is 28.8 Å². The lowest BCUT2D eigenvalue weighted by Gasteiger charge is -2.48. The first-order valence-electron chi connectivity index (χ1n) is 12.4. The Morgan fingerprint density at radius 3 is 2.15 bits per heavy atom. The molecule has 1 aliphatic heterocycles. The molecule has 0 aliphatic carbocycles. The van der Waals surface area contributed by atoms with Crippen LogP contribution in [0.2, 0.25) is 0 Å². The third kappa shape index (κ3) is 4.30. The van der Waals surface area contributed by atoms with Gasteiger partial charge in [0.2, 0.25) is 0 Å². The molecule has 7 N–H and O–H groups in total. The molecule has 1 atom stereocenters. The Hall–Kier alpha value is -4.44. The molecule has 4 rings (SSSR count). The van der Waals surface area contributed by atoms with Crippen molar-refractivity contribution in [2.45, 2.75) is 31.7 Å². The average Bonchev–Trinajstić information content (AvgIpc) is 2.93. The number of rotatable bonds is 5. The summed E-state index contributed by atoms with van der Waals surface area (Å²) < 4.78 is 0. The molecule has 3 aromatic rings. The topological polar surface area (TPSA) is 197 Å². The van der Waals surface area contributed by atoms with Crippen molar-refractivity contribution in [3.63, 3.8) is 0 Å². The number of benzene rings is 2. The number of phenols is 5. The van der Waals surface area contributed by atoms with Gasteiger partial charge in [0.05, 0.1) is 22.1 Å². The molecule has 1 aliphatic rings. The molecular weight excluding hydrogens is 527 g/mol. The quantitative estimate of drug-likeness (QED) is 0.113. The Morgan fingerprint density at radius 1 is 1.00 bits per heavy atom. The highest BCUT2D eigenvalue weighted by Crippen LogP contribution is 2.42. The monoisotopic (exact) mass is 553 g/mol. The molecule has 15 heteroatoms. The second-order valence-electron chi connectivity index (χ2n) is 10.5. The van der Waals surface area contributed by atoms with Gasteiger partial charge in [-0.3, -0.25) is 4.79 Å². The van der Waals surface area contributed by atoms with Gasteiger partial charge in [0.15, 0.2) is 23.0 Å². The molecule has 2 aromatic carbocycles. The van der Waals surface area contributed by atoms with E-state index in [0.29, 0.717) is 0 Å². The van der Waals surface area contributed by atoms with E-state index in [-0.39, 0.29) is 70.8 Å². The Kier molecular flexibility index (Phi) is 7.12. The van der Waals surface area contributed by atoms with Crippen LogP contribution in [0.1, 0.15) is 30.8 Å². The Bertz CT molecular complexity index is 1680. The molecule has 206 valence electrons. The van der Waals surface area contributed by atoms with Crippen molar-refractivity contribution in [2.24, 2.45) is 0 Å². The van der Waals surface area contributed by atoms with Crippen LogP contribution in [-0.4, -0.2) is 101 Å². The van der Waals surface area contributed by atoms with E-state index in [2.05, 4.69) is 16.5 Å². The number of nitrogens with zero attached hydrogens (tertiary/aromatic N) is 4. The van der Waals surface area contributed by atoms with Crippen molar-refractivity contribution in [3.05, 3.63) is 39.6 Å². The second kappa shape index (κ2) is 9.88. The summed E-state index contributed by atoms with van der Waals surface area (Å²) in [5, 5.41) is 71.7. The van der Waals surface area contributed by atoms with Crippen LogP contribution in [0.4, 0.5) is 5.69 Å². The third-order valence-electron chi connectivity index (χ3n) is 7.89. The fourth-order valence-electron chi connectivity index (χ4n) is 4.95. The smallest absolute Gasteiger partial charge is 0.258 e. The summed E-state index contributed by atoms with van der Waals surface area (Å²) in [5.41, 5.74) is -5.36. The van der Waals surface area contributed by atoms with Crippen LogP contribution in [0.3, 0.4) is 0 Å². The van der Waals surface area contributed by atoms with Gasteiger partial charge >= 0.3 is 0 Å². The number of hydrogen-bond donors (Lipinski definition) is 7. The number of hydrogen-bond acceptors (Lipinski definition) is 11. The number of nitrogens with one attached hydrogen (secondary N) is 1. The van der Waals surface area contributed by atoms with Gasteiger partial charge < -0.3 is 45.4 Å². The van der Waals surface area contributed by atoms with E-state index in [1.807, 2.05) is 0 Å². The molecule has 6 radical (unpaired) electrons. The number of aryl methyl sites for hydroxylation is 1. The lowest BCUT2D eigenvalue weighted by atomic mass is 9.60. The van der Waals surface area contributed by atoms with E-state index in [1.165, 1.54) is 6.92 Å². The average molecular weight is 553 g/mol. The first kappa shape index (κ1) is 29.5. The van der Waals surface area contributed by atoms with Crippen LogP contribution < -0.4 is 21.4 Å². The number of nitriles is 1. The minimum Gasteiger partial charge on any atom is -0.507 e. The summed E-state index contributed by atoms with van der Waals surface area (Å²) in [7, 11) is 18.3. The lowest BCUT2D eigenvalue weighted by molar-refractivity contribution is 0.0537. The van der Waals surface area contributed by atoms with Gasteiger partial charge in [-0.15, -0.1) is 0 Å². The number of piperazine rings is 1. The molecular formula is C26H26B3N5O7. The van der Waals surface area contributed by atoms with Crippen molar-refractivity contribution in [1.29, 1.82) is 5.26 Å². The highest BCUT2D eigenvalue weighted by atomic mass is 16.3. The first-order chi connectivity index (χ1) is 19.0. The maximum atomic E-state index is 13.0. The molecule has 0 saturated carbocycles. The van der Waals surface area contributed by atoms with Crippen molar-refractivity contribution >= 4 is 51.1 Å². The van der Waals surface area contributed by atoms with Crippen molar-refractivity contribution in [1.82, 2.24) is 14.9 Å². The summed E-state index contributed by atoms with van der Waals surface area (Å²) in [6.45, 7) is 9.31. The second-order valence-corrected chi connectivity index (χ2v) is 10.5. The Labute approximate surface area is 239 Å². The number of aromatic nitrogens is 2. The van der Waals surface area contributed by atoms with E-state index in [0.717, 1.165) is 0 Å². The number of H-pyrrole nitrogens is 1. The maximum absolute atomic E-state index is 13.0. The van der Waals surface area contributed by atoms with Gasteiger partial charge in [-0.25, -0.2) is 4.98 Å². The number of aliphatic hydroxyl groups is 1. The summed E-state index contributed by atoms with van der Waals surface area (Å²) in [6.07, 6.45) is 0. The summed E-state index contributed by atoms with van der Waals surface area (Å²) in [5.74, 6) is -3.30. The van der Waals surface area contributed by atoms with Gasteiger partial charge in [0, 0.05) is 42.9 Å². The van der Waals surface area contributed by atoms with Gasteiger partial charge in [0.1, 0.15) is 46.7 Å². The fourth-order valence-corrected chi connectivity index (χ4v) is 4.95. The predicted octanol–water partition coefficient (Wildman–Crippen LogP) is -1.31.